The SMILES string of the molecule is c1ccc(-c2cccc3c2sc2c(-c4cccc5c4sc4c6ccccc6c(N(c6ccc7ccccc7c6)c6ccc7ccccc7c6)cc54)cccc23)cc1. The van der Waals surface area contributed by atoms with Crippen LogP contribution in [0.5, 0.6) is 0 Å². The van der Waals surface area contributed by atoms with Crippen molar-refractivity contribution in [2.45, 2.75) is 0 Å². The van der Waals surface area contributed by atoms with Crippen LogP contribution in [0.1, 0.15) is 0 Å². The molecular formula is C54H33NS2. The molecule has 0 aliphatic carbocycles. The average Bonchev–Trinajstić information content (AvgIpc) is 3.86. The highest BCUT2D eigenvalue weighted by Crippen LogP contribution is 2.50. The minimum Gasteiger partial charge on any atom is -0.310 e. The molecule has 0 bridgehead atoms. The maximum absolute atomic E-state index is 2.47. The van der Waals surface area contributed by atoms with Crippen molar-refractivity contribution >= 4 is 112 Å². The Morgan fingerprint density at radius 3 is 1.33 bits per heavy atom. The third-order valence-corrected chi connectivity index (χ3v) is 14.2. The highest BCUT2D eigenvalue weighted by atomic mass is 32.1. The lowest BCUT2D eigenvalue weighted by atomic mass is 9.98. The maximum atomic E-state index is 2.47. The standard InChI is InChI=1S/C54H33NS2/c1-2-15-36(16-3-1)41-21-10-22-44-45-23-11-24-46(52(45)56-51(41)44)47-25-12-26-48-49-33-50(42-19-8-9-20-43(42)54(49)57-53(47)48)55(39-29-27-34-13-4-6-17-37(34)31-39)40-30-28-35-14-5-7-18-38(35)32-40/h1-33H. The van der Waals surface area contributed by atoms with Crippen molar-refractivity contribution in [1.29, 1.82) is 0 Å². The van der Waals surface area contributed by atoms with E-state index < -0.39 is 0 Å². The molecule has 0 amide bonds. The van der Waals surface area contributed by atoms with Crippen molar-refractivity contribution < 1.29 is 0 Å². The van der Waals surface area contributed by atoms with Gasteiger partial charge in [0.15, 0.2) is 0 Å². The molecule has 0 atom stereocenters. The summed E-state index contributed by atoms with van der Waals surface area (Å²) >= 11 is 3.85. The van der Waals surface area contributed by atoms with E-state index in [2.05, 4.69) is 205 Å². The van der Waals surface area contributed by atoms with Gasteiger partial charge in [0.2, 0.25) is 0 Å². The molecule has 0 radical (unpaired) electrons. The van der Waals surface area contributed by atoms with Gasteiger partial charge in [-0.25, -0.2) is 0 Å². The molecule has 0 aliphatic rings. The van der Waals surface area contributed by atoms with Gasteiger partial charge in [-0.2, -0.15) is 0 Å². The summed E-state index contributed by atoms with van der Waals surface area (Å²) in [6.45, 7) is 0. The average molecular weight is 760 g/mol. The van der Waals surface area contributed by atoms with Crippen LogP contribution < -0.4 is 4.90 Å². The molecular weight excluding hydrogens is 727 g/mol. The molecule has 57 heavy (non-hydrogen) atoms. The topological polar surface area (TPSA) is 3.24 Å². The van der Waals surface area contributed by atoms with Gasteiger partial charge in [0.25, 0.3) is 0 Å². The van der Waals surface area contributed by atoms with Crippen LogP contribution in [0.4, 0.5) is 17.1 Å². The Balaban J connectivity index is 1.11. The van der Waals surface area contributed by atoms with Gasteiger partial charge in [0.05, 0.1) is 5.69 Å². The first kappa shape index (κ1) is 32.5. The molecule has 266 valence electrons. The minimum atomic E-state index is 1.14. The van der Waals surface area contributed by atoms with Gasteiger partial charge in [0.1, 0.15) is 0 Å². The predicted molar refractivity (Wildman–Crippen MR) is 250 cm³/mol. The summed E-state index contributed by atoms with van der Waals surface area (Å²) in [4.78, 5) is 2.47. The molecule has 0 fully saturated rings. The van der Waals surface area contributed by atoms with Crippen molar-refractivity contribution in [1.82, 2.24) is 0 Å². The zero-order valence-electron chi connectivity index (χ0n) is 30.8. The van der Waals surface area contributed by atoms with Crippen LogP contribution in [0.2, 0.25) is 0 Å². The number of anilines is 3. The Labute approximate surface area is 337 Å². The number of nitrogens with zero attached hydrogens (tertiary/aromatic N) is 1. The van der Waals surface area contributed by atoms with Crippen LogP contribution in [0.25, 0.3) is 94.9 Å². The smallest absolute Gasteiger partial charge is 0.0547 e. The second-order valence-electron chi connectivity index (χ2n) is 14.8. The Morgan fingerprint density at radius 1 is 0.281 bits per heavy atom. The zero-order chi connectivity index (χ0) is 37.5. The molecule has 0 spiro atoms. The molecule has 0 saturated carbocycles. The maximum Gasteiger partial charge on any atom is 0.0547 e. The largest absolute Gasteiger partial charge is 0.310 e. The van der Waals surface area contributed by atoms with Gasteiger partial charge in [-0.3, -0.25) is 0 Å². The van der Waals surface area contributed by atoms with E-state index in [1.807, 2.05) is 22.7 Å². The van der Waals surface area contributed by atoms with Gasteiger partial charge >= 0.3 is 0 Å². The van der Waals surface area contributed by atoms with Crippen molar-refractivity contribution in [3.63, 3.8) is 0 Å². The molecule has 0 saturated heterocycles. The second kappa shape index (κ2) is 12.9. The summed E-state index contributed by atoms with van der Waals surface area (Å²) < 4.78 is 5.33. The van der Waals surface area contributed by atoms with E-state index >= 15 is 0 Å². The van der Waals surface area contributed by atoms with Crippen LogP contribution in [-0.2, 0) is 0 Å². The van der Waals surface area contributed by atoms with E-state index in [1.165, 1.54) is 101 Å². The van der Waals surface area contributed by atoms with E-state index in [0.717, 1.165) is 11.4 Å². The van der Waals surface area contributed by atoms with Crippen LogP contribution in [0.3, 0.4) is 0 Å². The fourth-order valence-corrected chi connectivity index (χ4v) is 11.6. The number of fused-ring (bicyclic) bond motifs is 10. The van der Waals surface area contributed by atoms with Gasteiger partial charge in [-0.1, -0.05) is 170 Å². The first-order valence-corrected chi connectivity index (χ1v) is 21.0. The third kappa shape index (κ3) is 5.13. The van der Waals surface area contributed by atoms with Gasteiger partial charge in [0, 0.05) is 73.6 Å². The summed E-state index contributed by atoms with van der Waals surface area (Å²) in [5.41, 5.74) is 8.59. The second-order valence-corrected chi connectivity index (χ2v) is 16.9. The number of hydrogen-bond acceptors (Lipinski definition) is 3. The molecule has 2 heterocycles. The molecule has 0 aliphatic heterocycles. The van der Waals surface area contributed by atoms with Gasteiger partial charge < -0.3 is 4.90 Å². The zero-order valence-corrected chi connectivity index (χ0v) is 32.4. The number of hydrogen-bond donors (Lipinski definition) is 0. The minimum absolute atomic E-state index is 1.14. The summed E-state index contributed by atoms with van der Waals surface area (Å²) in [6, 6.07) is 73.8. The monoisotopic (exact) mass is 759 g/mol. The van der Waals surface area contributed by atoms with E-state index in [1.54, 1.807) is 0 Å². The Bertz CT molecular complexity index is 3460. The Kier molecular flexibility index (Phi) is 7.34. The van der Waals surface area contributed by atoms with Crippen molar-refractivity contribution in [3.8, 4) is 22.3 Å². The first-order chi connectivity index (χ1) is 28.3. The number of rotatable bonds is 5. The fraction of sp³-hybridized carbons (Fsp3) is 0. The van der Waals surface area contributed by atoms with Crippen molar-refractivity contribution in [3.05, 3.63) is 200 Å². The van der Waals surface area contributed by atoms with Crippen LogP contribution in [-0.4, -0.2) is 0 Å². The van der Waals surface area contributed by atoms with Crippen LogP contribution in [0, 0.1) is 0 Å². The Morgan fingerprint density at radius 2 is 0.719 bits per heavy atom. The molecule has 2 aromatic heterocycles. The lowest BCUT2D eigenvalue weighted by molar-refractivity contribution is 1.31. The molecule has 0 unspecified atom stereocenters. The van der Waals surface area contributed by atoms with Crippen molar-refractivity contribution in [2.24, 2.45) is 0 Å². The van der Waals surface area contributed by atoms with Gasteiger partial charge in [-0.05, 0) is 63.0 Å². The molecule has 12 aromatic rings. The van der Waals surface area contributed by atoms with E-state index in [9.17, 15) is 0 Å². The summed E-state index contributed by atoms with van der Waals surface area (Å²) in [7, 11) is 0. The summed E-state index contributed by atoms with van der Waals surface area (Å²) in [6.07, 6.45) is 0. The van der Waals surface area contributed by atoms with Crippen LogP contribution in [0.15, 0.2) is 200 Å². The normalized spacial score (nSPS) is 11.9. The highest BCUT2D eigenvalue weighted by molar-refractivity contribution is 7.28. The lowest BCUT2D eigenvalue weighted by Crippen LogP contribution is -2.10. The molecule has 12 rings (SSSR count). The fourth-order valence-electron chi connectivity index (χ4n) is 8.93. The molecule has 10 aromatic carbocycles. The van der Waals surface area contributed by atoms with Gasteiger partial charge in [-0.15, -0.1) is 22.7 Å². The lowest BCUT2D eigenvalue weighted by Gasteiger charge is -2.28. The summed E-state index contributed by atoms with van der Waals surface area (Å²) in [5.74, 6) is 0. The number of benzene rings is 10. The van der Waals surface area contributed by atoms with Crippen LogP contribution >= 0.6 is 22.7 Å². The molecule has 0 N–H and O–H groups in total. The molecule has 1 nitrogen and oxygen atoms in total. The Hall–Kier alpha value is -6.78. The predicted octanol–water partition coefficient (Wildman–Crippen LogP) is 16.7. The third-order valence-electron chi connectivity index (χ3n) is 11.6. The van der Waals surface area contributed by atoms with E-state index in [4.69, 9.17) is 0 Å². The van der Waals surface area contributed by atoms with Crippen molar-refractivity contribution in [2.75, 3.05) is 4.90 Å². The van der Waals surface area contributed by atoms with E-state index in [0.29, 0.717) is 0 Å². The number of thiophene rings is 2. The molecule has 3 heteroatoms. The first-order valence-electron chi connectivity index (χ1n) is 19.4. The summed E-state index contributed by atoms with van der Waals surface area (Å²) in [5, 5.41) is 12.6. The quantitative estimate of drug-likeness (QED) is 0.169. The highest BCUT2D eigenvalue weighted by Gasteiger charge is 2.22. The van der Waals surface area contributed by atoms with E-state index in [-0.39, 0.29) is 0 Å².